The average molecular weight is 305 g/mol. The number of thioether (sulfide) groups is 1. The summed E-state index contributed by atoms with van der Waals surface area (Å²) in [7, 11) is 3.49. The fourth-order valence-corrected chi connectivity index (χ4v) is 2.71. The number of nitrogens with zero attached hydrogens (tertiary/aromatic N) is 2. The molecule has 1 aromatic heterocycles. The molecule has 2 aromatic rings. The fraction of sp³-hybridized carbons (Fsp3) is 0.333. The number of hydrogen-bond donors (Lipinski definition) is 1. The minimum absolute atomic E-state index is 0.0398. The van der Waals surface area contributed by atoms with Crippen LogP contribution in [0.15, 0.2) is 29.2 Å². The third-order valence-electron chi connectivity index (χ3n) is 3.18. The molecule has 1 amide bonds. The molecule has 0 saturated heterocycles. The zero-order valence-electron chi connectivity index (χ0n) is 12.6. The largest absolute Gasteiger partial charge is 0.497 e. The van der Waals surface area contributed by atoms with E-state index in [1.807, 2.05) is 45.2 Å². The molecule has 0 fully saturated rings. The summed E-state index contributed by atoms with van der Waals surface area (Å²) in [6, 6.07) is 7.67. The second-order valence-corrected chi connectivity index (χ2v) is 5.73. The second-order valence-electron chi connectivity index (χ2n) is 4.69. The fourth-order valence-electron chi connectivity index (χ4n) is 1.97. The highest BCUT2D eigenvalue weighted by Gasteiger charge is 2.12. The van der Waals surface area contributed by atoms with Gasteiger partial charge in [0.2, 0.25) is 5.91 Å². The van der Waals surface area contributed by atoms with Crippen molar-refractivity contribution in [1.29, 1.82) is 0 Å². The van der Waals surface area contributed by atoms with Crippen LogP contribution in [0.3, 0.4) is 0 Å². The van der Waals surface area contributed by atoms with E-state index in [-0.39, 0.29) is 5.91 Å². The number of nitrogens with one attached hydrogen (secondary N) is 1. The molecule has 1 aromatic carbocycles. The quantitative estimate of drug-likeness (QED) is 0.863. The van der Waals surface area contributed by atoms with Gasteiger partial charge in [0.1, 0.15) is 5.75 Å². The molecule has 0 bridgehead atoms. The van der Waals surface area contributed by atoms with Gasteiger partial charge in [-0.25, -0.2) is 0 Å². The summed E-state index contributed by atoms with van der Waals surface area (Å²) >= 11 is 1.48. The lowest BCUT2D eigenvalue weighted by Crippen LogP contribution is -2.15. The van der Waals surface area contributed by atoms with E-state index in [4.69, 9.17) is 4.74 Å². The number of ether oxygens (including phenoxy) is 1. The summed E-state index contributed by atoms with van der Waals surface area (Å²) in [4.78, 5) is 13.1. The SMILES string of the molecule is COc1cccc(SCC(=O)Nc2c(C)nn(C)c2C)c1. The van der Waals surface area contributed by atoms with Crippen molar-refractivity contribution in [1.82, 2.24) is 9.78 Å². The Kier molecular flexibility index (Phi) is 4.90. The number of amides is 1. The number of benzene rings is 1. The molecular weight excluding hydrogens is 286 g/mol. The van der Waals surface area contributed by atoms with Crippen LogP contribution in [0.1, 0.15) is 11.4 Å². The van der Waals surface area contributed by atoms with Crippen molar-refractivity contribution in [3.63, 3.8) is 0 Å². The van der Waals surface area contributed by atoms with Gasteiger partial charge in [0.15, 0.2) is 0 Å². The Balaban J connectivity index is 1.96. The topological polar surface area (TPSA) is 56.1 Å². The van der Waals surface area contributed by atoms with Gasteiger partial charge in [-0.2, -0.15) is 5.10 Å². The van der Waals surface area contributed by atoms with E-state index in [0.29, 0.717) is 5.75 Å². The maximum atomic E-state index is 12.1. The van der Waals surface area contributed by atoms with E-state index in [1.54, 1.807) is 11.8 Å². The van der Waals surface area contributed by atoms with Crippen molar-refractivity contribution in [2.45, 2.75) is 18.7 Å². The van der Waals surface area contributed by atoms with Crippen molar-refractivity contribution in [2.24, 2.45) is 7.05 Å². The van der Waals surface area contributed by atoms with Crippen LogP contribution in [0.5, 0.6) is 5.75 Å². The first-order valence-electron chi connectivity index (χ1n) is 6.58. The highest BCUT2D eigenvalue weighted by atomic mass is 32.2. The van der Waals surface area contributed by atoms with E-state index >= 15 is 0 Å². The molecular formula is C15H19N3O2S. The van der Waals surface area contributed by atoms with E-state index in [9.17, 15) is 4.79 Å². The molecule has 112 valence electrons. The molecule has 0 saturated carbocycles. The number of aromatic nitrogens is 2. The molecule has 1 heterocycles. The van der Waals surface area contributed by atoms with Crippen molar-refractivity contribution in [3.05, 3.63) is 35.7 Å². The van der Waals surface area contributed by atoms with Crippen LogP contribution >= 0.6 is 11.8 Å². The van der Waals surface area contributed by atoms with E-state index in [2.05, 4.69) is 10.4 Å². The Labute approximate surface area is 128 Å². The van der Waals surface area contributed by atoms with Gasteiger partial charge in [0.05, 0.1) is 29.9 Å². The van der Waals surface area contributed by atoms with Gasteiger partial charge in [-0.05, 0) is 32.0 Å². The highest BCUT2D eigenvalue weighted by molar-refractivity contribution is 8.00. The van der Waals surface area contributed by atoms with Crippen LogP contribution in [-0.4, -0.2) is 28.6 Å². The predicted octanol–water partition coefficient (Wildman–Crippen LogP) is 2.78. The summed E-state index contributed by atoms with van der Waals surface area (Å²) in [5, 5.41) is 7.21. The molecule has 0 spiro atoms. The molecule has 21 heavy (non-hydrogen) atoms. The van der Waals surface area contributed by atoms with Crippen LogP contribution in [-0.2, 0) is 11.8 Å². The number of carbonyl (C=O) groups is 1. The Bertz CT molecular complexity index is 652. The third-order valence-corrected chi connectivity index (χ3v) is 4.18. The van der Waals surface area contributed by atoms with E-state index < -0.39 is 0 Å². The lowest BCUT2D eigenvalue weighted by Gasteiger charge is -2.06. The monoisotopic (exact) mass is 305 g/mol. The molecule has 0 aliphatic carbocycles. The molecule has 0 aliphatic heterocycles. The molecule has 0 radical (unpaired) electrons. The van der Waals surface area contributed by atoms with Crippen molar-refractivity contribution in [3.8, 4) is 5.75 Å². The summed E-state index contributed by atoms with van der Waals surface area (Å²) < 4.78 is 6.93. The maximum Gasteiger partial charge on any atom is 0.234 e. The Hall–Kier alpha value is -1.95. The van der Waals surface area contributed by atoms with Gasteiger partial charge in [-0.3, -0.25) is 9.48 Å². The van der Waals surface area contributed by atoms with Crippen LogP contribution < -0.4 is 10.1 Å². The standard InChI is InChI=1S/C15H19N3O2S/c1-10-15(11(2)18(3)17-10)16-14(19)9-21-13-7-5-6-12(8-13)20-4/h5-8H,9H2,1-4H3,(H,16,19). The van der Waals surface area contributed by atoms with Crippen LogP contribution in [0, 0.1) is 13.8 Å². The summed E-state index contributed by atoms with van der Waals surface area (Å²) in [6.45, 7) is 3.82. The minimum atomic E-state index is -0.0398. The second kappa shape index (κ2) is 6.67. The Morgan fingerprint density at radius 3 is 2.81 bits per heavy atom. The molecule has 2 rings (SSSR count). The van der Waals surface area contributed by atoms with Crippen molar-refractivity contribution < 1.29 is 9.53 Å². The first-order chi connectivity index (χ1) is 10.0. The number of carbonyl (C=O) groups excluding carboxylic acids is 1. The van der Waals surface area contributed by atoms with Gasteiger partial charge < -0.3 is 10.1 Å². The first kappa shape index (κ1) is 15.4. The number of anilines is 1. The lowest BCUT2D eigenvalue weighted by atomic mass is 10.3. The Morgan fingerprint density at radius 2 is 2.19 bits per heavy atom. The zero-order chi connectivity index (χ0) is 15.4. The summed E-state index contributed by atoms with van der Waals surface area (Å²) in [5.41, 5.74) is 2.58. The summed E-state index contributed by atoms with van der Waals surface area (Å²) in [6.07, 6.45) is 0. The third kappa shape index (κ3) is 3.78. The van der Waals surface area contributed by atoms with Crippen LogP contribution in [0.2, 0.25) is 0 Å². The van der Waals surface area contributed by atoms with Gasteiger partial charge in [-0.1, -0.05) is 6.07 Å². The predicted molar refractivity (Wildman–Crippen MR) is 85.0 cm³/mol. The van der Waals surface area contributed by atoms with Gasteiger partial charge in [0, 0.05) is 11.9 Å². The highest BCUT2D eigenvalue weighted by Crippen LogP contribution is 2.24. The molecule has 6 heteroatoms. The first-order valence-corrected chi connectivity index (χ1v) is 7.56. The van der Waals surface area contributed by atoms with Crippen molar-refractivity contribution in [2.75, 3.05) is 18.2 Å². The minimum Gasteiger partial charge on any atom is -0.497 e. The number of aryl methyl sites for hydroxylation is 2. The van der Waals surface area contributed by atoms with Gasteiger partial charge >= 0.3 is 0 Å². The maximum absolute atomic E-state index is 12.1. The van der Waals surface area contributed by atoms with Gasteiger partial charge in [-0.15, -0.1) is 11.8 Å². The molecule has 5 nitrogen and oxygen atoms in total. The molecule has 0 unspecified atom stereocenters. The number of hydrogen-bond acceptors (Lipinski definition) is 4. The smallest absolute Gasteiger partial charge is 0.234 e. The normalized spacial score (nSPS) is 10.5. The van der Waals surface area contributed by atoms with Gasteiger partial charge in [0.25, 0.3) is 0 Å². The Morgan fingerprint density at radius 1 is 1.43 bits per heavy atom. The van der Waals surface area contributed by atoms with Crippen LogP contribution in [0.25, 0.3) is 0 Å². The van der Waals surface area contributed by atoms with E-state index in [0.717, 1.165) is 27.7 Å². The lowest BCUT2D eigenvalue weighted by molar-refractivity contribution is -0.113. The molecule has 0 aliphatic rings. The van der Waals surface area contributed by atoms with Crippen molar-refractivity contribution >= 4 is 23.4 Å². The zero-order valence-corrected chi connectivity index (χ0v) is 13.5. The number of methoxy groups -OCH3 is 1. The summed E-state index contributed by atoms with van der Waals surface area (Å²) in [5.74, 6) is 1.10. The van der Waals surface area contributed by atoms with Crippen LogP contribution in [0.4, 0.5) is 5.69 Å². The molecule has 1 N–H and O–H groups in total. The average Bonchev–Trinajstić information content (AvgIpc) is 2.72. The molecule has 0 atom stereocenters. The number of rotatable bonds is 5. The van der Waals surface area contributed by atoms with E-state index in [1.165, 1.54) is 11.8 Å².